The molecule has 0 aromatic heterocycles. The second-order valence-corrected chi connectivity index (χ2v) is 5.10. The van der Waals surface area contributed by atoms with Crippen LogP contribution in [-0.2, 0) is 9.59 Å². The van der Waals surface area contributed by atoms with Crippen molar-refractivity contribution in [3.63, 3.8) is 0 Å². The number of carboxylic acids is 1. The van der Waals surface area contributed by atoms with Crippen LogP contribution in [0.15, 0.2) is 0 Å². The molecule has 0 aliphatic carbocycles. The lowest BCUT2D eigenvalue weighted by atomic mass is 10.1. The summed E-state index contributed by atoms with van der Waals surface area (Å²) >= 11 is 0. The van der Waals surface area contributed by atoms with E-state index in [9.17, 15) is 9.59 Å². The van der Waals surface area contributed by atoms with Gasteiger partial charge in [0.15, 0.2) is 0 Å². The molecule has 0 saturated heterocycles. The predicted octanol–water partition coefficient (Wildman–Crippen LogP) is 0.452. The Labute approximate surface area is 97.0 Å². The van der Waals surface area contributed by atoms with Gasteiger partial charge in [-0.2, -0.15) is 0 Å². The Morgan fingerprint density at radius 3 is 2.19 bits per heavy atom. The van der Waals surface area contributed by atoms with Gasteiger partial charge in [-0.05, 0) is 19.3 Å². The molecule has 5 heteroatoms. The Kier molecular flexibility index (Phi) is 6.03. The third-order valence-electron chi connectivity index (χ3n) is 2.25. The Balaban J connectivity index is 3.86. The molecule has 0 spiro atoms. The lowest BCUT2D eigenvalue weighted by Crippen LogP contribution is -2.40. The number of hydrogen-bond acceptors (Lipinski definition) is 2. The van der Waals surface area contributed by atoms with Gasteiger partial charge in [-0.3, -0.25) is 4.79 Å². The van der Waals surface area contributed by atoms with E-state index in [2.05, 4.69) is 26.5 Å². The Bertz CT molecular complexity index is 246. The smallest absolute Gasteiger partial charge is 0.326 e. The second kappa shape index (κ2) is 6.48. The van der Waals surface area contributed by atoms with Crippen molar-refractivity contribution >= 4 is 11.9 Å². The molecular formula is C11H23N2O3+. The molecule has 0 aliphatic heterocycles. The fourth-order valence-corrected chi connectivity index (χ4v) is 1.44. The number of amides is 1. The van der Waals surface area contributed by atoms with Crippen LogP contribution < -0.4 is 5.32 Å². The van der Waals surface area contributed by atoms with Gasteiger partial charge < -0.3 is 14.9 Å². The van der Waals surface area contributed by atoms with Crippen LogP contribution in [0.1, 0.15) is 26.2 Å². The summed E-state index contributed by atoms with van der Waals surface area (Å²) < 4.78 is 0.873. The van der Waals surface area contributed by atoms with Crippen LogP contribution in [0.25, 0.3) is 0 Å². The third kappa shape index (κ3) is 8.23. The standard InChI is InChI=1S/C11H22N2O3/c1-9(14)12-10(11(15)16)7-5-6-8-13(2,3)4/h10H,5-8H2,1-4H3,(H-,12,14,15,16)/p+1/t10-/m0/s1. The van der Waals surface area contributed by atoms with Gasteiger partial charge >= 0.3 is 5.97 Å². The summed E-state index contributed by atoms with van der Waals surface area (Å²) in [6.07, 6.45) is 2.27. The number of quaternary nitrogens is 1. The monoisotopic (exact) mass is 231 g/mol. The highest BCUT2D eigenvalue weighted by Gasteiger charge is 2.18. The molecule has 0 unspecified atom stereocenters. The molecule has 0 heterocycles. The molecular weight excluding hydrogens is 208 g/mol. The van der Waals surface area contributed by atoms with Gasteiger partial charge in [-0.1, -0.05) is 0 Å². The van der Waals surface area contributed by atoms with Crippen LogP contribution in [0.2, 0.25) is 0 Å². The molecule has 0 saturated carbocycles. The number of hydrogen-bond donors (Lipinski definition) is 2. The van der Waals surface area contributed by atoms with Gasteiger partial charge in [0.05, 0.1) is 27.7 Å². The summed E-state index contributed by atoms with van der Waals surface area (Å²) in [6.45, 7) is 2.34. The molecule has 16 heavy (non-hydrogen) atoms. The Morgan fingerprint density at radius 1 is 1.25 bits per heavy atom. The van der Waals surface area contributed by atoms with E-state index in [0.717, 1.165) is 23.9 Å². The number of carbonyl (C=O) groups is 2. The zero-order valence-electron chi connectivity index (χ0n) is 10.6. The number of nitrogens with one attached hydrogen (secondary N) is 1. The summed E-state index contributed by atoms with van der Waals surface area (Å²) in [5, 5.41) is 11.3. The molecule has 2 N–H and O–H groups in total. The molecule has 0 aromatic rings. The van der Waals surface area contributed by atoms with E-state index in [1.165, 1.54) is 6.92 Å². The van der Waals surface area contributed by atoms with Crippen LogP contribution >= 0.6 is 0 Å². The number of carbonyl (C=O) groups excluding carboxylic acids is 1. The summed E-state index contributed by atoms with van der Waals surface area (Å²) in [4.78, 5) is 21.6. The number of nitrogens with zero attached hydrogens (tertiary/aromatic N) is 1. The molecule has 0 rings (SSSR count). The lowest BCUT2D eigenvalue weighted by Gasteiger charge is -2.24. The molecule has 0 fully saturated rings. The van der Waals surface area contributed by atoms with Gasteiger partial charge in [-0.25, -0.2) is 4.79 Å². The molecule has 1 amide bonds. The SMILES string of the molecule is CC(=O)N[C@@H](CCCC[N+](C)(C)C)C(=O)O. The molecule has 1 atom stereocenters. The fraction of sp³-hybridized carbons (Fsp3) is 0.818. The first kappa shape index (κ1) is 14.9. The first-order valence-electron chi connectivity index (χ1n) is 5.53. The third-order valence-corrected chi connectivity index (χ3v) is 2.25. The summed E-state index contributed by atoms with van der Waals surface area (Å²) in [5.41, 5.74) is 0. The zero-order chi connectivity index (χ0) is 12.8. The van der Waals surface area contributed by atoms with Crippen LogP contribution in [0, 0.1) is 0 Å². The maximum Gasteiger partial charge on any atom is 0.326 e. The van der Waals surface area contributed by atoms with Crippen molar-refractivity contribution in [2.24, 2.45) is 0 Å². The number of rotatable bonds is 7. The fourth-order valence-electron chi connectivity index (χ4n) is 1.44. The van der Waals surface area contributed by atoms with E-state index in [1.54, 1.807) is 0 Å². The molecule has 0 aromatic carbocycles. The van der Waals surface area contributed by atoms with Crippen LogP contribution in [0.3, 0.4) is 0 Å². The quantitative estimate of drug-likeness (QED) is 0.494. The minimum Gasteiger partial charge on any atom is -0.480 e. The largest absolute Gasteiger partial charge is 0.480 e. The van der Waals surface area contributed by atoms with E-state index in [-0.39, 0.29) is 5.91 Å². The average molecular weight is 231 g/mol. The highest BCUT2D eigenvalue weighted by molar-refractivity contribution is 5.81. The molecule has 94 valence electrons. The van der Waals surface area contributed by atoms with Gasteiger partial charge in [0, 0.05) is 6.92 Å². The van der Waals surface area contributed by atoms with Crippen molar-refractivity contribution in [2.75, 3.05) is 27.7 Å². The minimum atomic E-state index is -0.958. The number of aliphatic carboxylic acids is 1. The Hall–Kier alpha value is -1.10. The van der Waals surface area contributed by atoms with Crippen molar-refractivity contribution in [1.82, 2.24) is 5.32 Å². The second-order valence-electron chi connectivity index (χ2n) is 5.10. The van der Waals surface area contributed by atoms with Crippen LogP contribution in [0.4, 0.5) is 0 Å². The Morgan fingerprint density at radius 2 is 1.81 bits per heavy atom. The number of carboxylic acid groups (broad SMARTS) is 1. The van der Waals surface area contributed by atoms with Crippen molar-refractivity contribution < 1.29 is 19.2 Å². The van der Waals surface area contributed by atoms with E-state index in [1.807, 2.05) is 0 Å². The lowest BCUT2D eigenvalue weighted by molar-refractivity contribution is -0.870. The molecule has 0 bridgehead atoms. The van der Waals surface area contributed by atoms with E-state index in [4.69, 9.17) is 5.11 Å². The molecule has 0 radical (unpaired) electrons. The van der Waals surface area contributed by atoms with Crippen LogP contribution in [0.5, 0.6) is 0 Å². The van der Waals surface area contributed by atoms with E-state index < -0.39 is 12.0 Å². The number of unbranched alkanes of at least 4 members (excludes halogenated alkanes) is 1. The first-order chi connectivity index (χ1) is 7.22. The highest BCUT2D eigenvalue weighted by atomic mass is 16.4. The molecule has 5 nitrogen and oxygen atoms in total. The normalized spacial score (nSPS) is 13.2. The minimum absolute atomic E-state index is 0.293. The average Bonchev–Trinajstić information content (AvgIpc) is 2.07. The predicted molar refractivity (Wildman–Crippen MR) is 62.0 cm³/mol. The van der Waals surface area contributed by atoms with Crippen molar-refractivity contribution in [3.05, 3.63) is 0 Å². The summed E-state index contributed by atoms with van der Waals surface area (Å²) in [6, 6.07) is -0.745. The maximum atomic E-state index is 10.8. The van der Waals surface area contributed by atoms with Crippen LogP contribution in [-0.4, -0.2) is 55.2 Å². The summed E-state index contributed by atoms with van der Waals surface area (Å²) in [7, 11) is 6.30. The van der Waals surface area contributed by atoms with E-state index in [0.29, 0.717) is 6.42 Å². The summed E-state index contributed by atoms with van der Waals surface area (Å²) in [5.74, 6) is -1.25. The topological polar surface area (TPSA) is 66.4 Å². The van der Waals surface area contributed by atoms with Crippen molar-refractivity contribution in [1.29, 1.82) is 0 Å². The van der Waals surface area contributed by atoms with Gasteiger partial charge in [0.1, 0.15) is 6.04 Å². The van der Waals surface area contributed by atoms with E-state index >= 15 is 0 Å². The first-order valence-corrected chi connectivity index (χ1v) is 5.53. The van der Waals surface area contributed by atoms with Gasteiger partial charge in [-0.15, -0.1) is 0 Å². The maximum absolute atomic E-state index is 10.8. The highest BCUT2D eigenvalue weighted by Crippen LogP contribution is 2.04. The van der Waals surface area contributed by atoms with Crippen molar-refractivity contribution in [3.8, 4) is 0 Å². The van der Waals surface area contributed by atoms with Gasteiger partial charge in [0.25, 0.3) is 0 Å². The van der Waals surface area contributed by atoms with Gasteiger partial charge in [0.2, 0.25) is 5.91 Å². The molecule has 0 aliphatic rings. The van der Waals surface area contributed by atoms with Crippen molar-refractivity contribution in [2.45, 2.75) is 32.2 Å². The zero-order valence-corrected chi connectivity index (χ0v) is 10.6.